The number of amides is 2. The number of nitrogens with two attached hydrogens (primary N) is 1. The lowest BCUT2D eigenvalue weighted by molar-refractivity contribution is 0.251. The first-order valence-electron chi connectivity index (χ1n) is 3.34. The van der Waals surface area contributed by atoms with Gasteiger partial charge in [-0.2, -0.15) is 0 Å². The zero-order valence-corrected chi connectivity index (χ0v) is 7.51. The third-order valence-corrected chi connectivity index (χ3v) is 1.23. The molecule has 0 saturated carbocycles. The number of nitrogens with one attached hydrogen (secondary N) is 1. The van der Waals surface area contributed by atoms with E-state index in [2.05, 4.69) is 11.1 Å². The highest BCUT2D eigenvalue weighted by Crippen LogP contribution is 2.03. The van der Waals surface area contributed by atoms with E-state index >= 15 is 0 Å². The van der Waals surface area contributed by atoms with Gasteiger partial charge in [0.25, 0.3) is 0 Å². The summed E-state index contributed by atoms with van der Waals surface area (Å²) in [5, 5.41) is 2.96. The molecule has 3 nitrogen and oxygen atoms in total. The van der Waals surface area contributed by atoms with Crippen LogP contribution in [0, 0.1) is 0 Å². The Kier molecular flexibility index (Phi) is 5.83. The number of hydrogen-bond donors (Lipinski definition) is 2. The van der Waals surface area contributed by atoms with E-state index in [4.69, 9.17) is 11.6 Å². The third kappa shape index (κ3) is 6.89. The minimum atomic E-state index is -0.495. The van der Waals surface area contributed by atoms with Crippen LogP contribution in [0.3, 0.4) is 0 Å². The molecule has 0 aliphatic carbocycles. The fourth-order valence-corrected chi connectivity index (χ4v) is 0.560. The summed E-state index contributed by atoms with van der Waals surface area (Å²) in [6.07, 6.45) is 0. The highest BCUT2D eigenvalue weighted by molar-refractivity contribution is 6.30. The Morgan fingerprint density at radius 3 is 2.00 bits per heavy atom. The first-order chi connectivity index (χ1) is 5.66. The van der Waals surface area contributed by atoms with Gasteiger partial charge in [0.15, 0.2) is 0 Å². The lowest BCUT2D eigenvalue weighted by Crippen LogP contribution is -2.24. The second-order valence-electron chi connectivity index (χ2n) is 1.91. The molecule has 2 amide bonds. The molecule has 0 spiro atoms. The van der Waals surface area contributed by atoms with Crippen LogP contribution in [0.2, 0.25) is 5.02 Å². The molecule has 4 heteroatoms. The maximum Gasteiger partial charge on any atom is 0.311 e. The number of carbonyl (C=O) groups excluding carboxylic acids is 1. The van der Waals surface area contributed by atoms with E-state index in [1.807, 2.05) is 30.3 Å². The molecule has 66 valence electrons. The van der Waals surface area contributed by atoms with Crippen molar-refractivity contribution in [2.75, 3.05) is 7.05 Å². The summed E-state index contributed by atoms with van der Waals surface area (Å²) in [5.74, 6) is 0. The fraction of sp³-hybridized carbons (Fsp3) is 0.125. The molecule has 1 rings (SSSR count). The summed E-state index contributed by atoms with van der Waals surface area (Å²) in [6, 6.07) is 8.95. The second kappa shape index (κ2) is 6.49. The molecule has 0 atom stereocenters. The van der Waals surface area contributed by atoms with E-state index in [1.165, 1.54) is 7.05 Å². The van der Waals surface area contributed by atoms with Crippen LogP contribution in [0.4, 0.5) is 4.79 Å². The zero-order chi connectivity index (χ0) is 9.40. The van der Waals surface area contributed by atoms with Gasteiger partial charge >= 0.3 is 6.03 Å². The summed E-state index contributed by atoms with van der Waals surface area (Å²) in [7, 11) is 1.47. The lowest BCUT2D eigenvalue weighted by atomic mass is 10.4. The van der Waals surface area contributed by atoms with Gasteiger partial charge in [0, 0.05) is 12.1 Å². The van der Waals surface area contributed by atoms with Gasteiger partial charge in [0.2, 0.25) is 0 Å². The SMILES string of the molecule is CNC(N)=O.Clc1ccccc1. The van der Waals surface area contributed by atoms with Crippen molar-refractivity contribution in [1.29, 1.82) is 0 Å². The van der Waals surface area contributed by atoms with Gasteiger partial charge in [0.1, 0.15) is 0 Å². The summed E-state index contributed by atoms with van der Waals surface area (Å²) >= 11 is 5.54. The molecule has 0 heterocycles. The molecular formula is C8H11ClN2O. The van der Waals surface area contributed by atoms with Gasteiger partial charge in [-0.15, -0.1) is 0 Å². The average Bonchev–Trinajstić information content (AvgIpc) is 2.07. The van der Waals surface area contributed by atoms with Crippen molar-refractivity contribution in [3.05, 3.63) is 35.4 Å². The van der Waals surface area contributed by atoms with Gasteiger partial charge in [0.05, 0.1) is 0 Å². The van der Waals surface area contributed by atoms with E-state index in [9.17, 15) is 4.79 Å². The largest absolute Gasteiger partial charge is 0.352 e. The number of urea groups is 1. The Bertz CT molecular complexity index is 226. The van der Waals surface area contributed by atoms with Crippen LogP contribution >= 0.6 is 11.6 Å². The zero-order valence-electron chi connectivity index (χ0n) is 6.75. The smallest absolute Gasteiger partial charge is 0.311 e. The summed E-state index contributed by atoms with van der Waals surface area (Å²) in [6.45, 7) is 0. The van der Waals surface area contributed by atoms with Crippen molar-refractivity contribution in [3.63, 3.8) is 0 Å². The number of hydrogen-bond acceptors (Lipinski definition) is 1. The highest BCUT2D eigenvalue weighted by atomic mass is 35.5. The minimum absolute atomic E-state index is 0.495. The first kappa shape index (κ1) is 10.8. The second-order valence-corrected chi connectivity index (χ2v) is 2.35. The predicted molar refractivity (Wildman–Crippen MR) is 50.1 cm³/mol. The quantitative estimate of drug-likeness (QED) is 0.636. The number of carbonyl (C=O) groups is 1. The molecule has 0 radical (unpaired) electrons. The molecule has 12 heavy (non-hydrogen) atoms. The molecule has 1 aromatic carbocycles. The van der Waals surface area contributed by atoms with Gasteiger partial charge in [-0.3, -0.25) is 0 Å². The molecule has 0 aliphatic heterocycles. The van der Waals surface area contributed by atoms with Gasteiger partial charge < -0.3 is 11.1 Å². The van der Waals surface area contributed by atoms with E-state index < -0.39 is 6.03 Å². The third-order valence-electron chi connectivity index (χ3n) is 0.980. The van der Waals surface area contributed by atoms with Gasteiger partial charge in [-0.05, 0) is 12.1 Å². The number of rotatable bonds is 0. The van der Waals surface area contributed by atoms with E-state index in [0.29, 0.717) is 0 Å². The molecule has 3 N–H and O–H groups in total. The molecule has 0 bridgehead atoms. The Balaban J connectivity index is 0.000000217. The van der Waals surface area contributed by atoms with Crippen molar-refractivity contribution >= 4 is 17.6 Å². The summed E-state index contributed by atoms with van der Waals surface area (Å²) in [4.78, 5) is 9.48. The molecule has 0 fully saturated rings. The van der Waals surface area contributed by atoms with Crippen LogP contribution in [0.25, 0.3) is 0 Å². The van der Waals surface area contributed by atoms with Crippen molar-refractivity contribution in [3.8, 4) is 0 Å². The molecule has 0 unspecified atom stereocenters. The Morgan fingerprint density at radius 1 is 1.42 bits per heavy atom. The summed E-state index contributed by atoms with van der Waals surface area (Å²) < 4.78 is 0. The van der Waals surface area contributed by atoms with Crippen molar-refractivity contribution in [1.82, 2.24) is 5.32 Å². The maximum absolute atomic E-state index is 9.48. The normalized spacial score (nSPS) is 7.83. The lowest BCUT2D eigenvalue weighted by Gasteiger charge is -1.80. The molecular weight excluding hydrogens is 176 g/mol. The number of primary amides is 1. The Hall–Kier alpha value is -1.22. The van der Waals surface area contributed by atoms with Crippen LogP contribution in [0.15, 0.2) is 30.3 Å². The van der Waals surface area contributed by atoms with Crippen molar-refractivity contribution in [2.24, 2.45) is 5.73 Å². The maximum atomic E-state index is 9.48. The highest BCUT2D eigenvalue weighted by Gasteiger charge is 1.75. The van der Waals surface area contributed by atoms with Crippen LogP contribution in [-0.2, 0) is 0 Å². The Labute approximate surface area is 76.5 Å². The molecule has 0 aromatic heterocycles. The van der Waals surface area contributed by atoms with Crippen LogP contribution in [0.1, 0.15) is 0 Å². The monoisotopic (exact) mass is 186 g/mol. The number of benzene rings is 1. The van der Waals surface area contributed by atoms with E-state index in [1.54, 1.807) is 0 Å². The van der Waals surface area contributed by atoms with Gasteiger partial charge in [-0.1, -0.05) is 29.8 Å². The minimum Gasteiger partial charge on any atom is -0.352 e. The predicted octanol–water partition coefficient (Wildman–Crippen LogP) is 1.62. The van der Waals surface area contributed by atoms with Crippen molar-refractivity contribution in [2.45, 2.75) is 0 Å². The number of halogens is 1. The average molecular weight is 187 g/mol. The standard InChI is InChI=1S/C6H5Cl.C2H6N2O/c7-6-4-2-1-3-5-6;1-4-2(3)5/h1-5H;1H3,(H3,3,4,5). The first-order valence-corrected chi connectivity index (χ1v) is 3.72. The van der Waals surface area contributed by atoms with Crippen LogP contribution in [-0.4, -0.2) is 13.1 Å². The topological polar surface area (TPSA) is 55.1 Å². The van der Waals surface area contributed by atoms with E-state index in [-0.39, 0.29) is 0 Å². The molecule has 1 aromatic rings. The van der Waals surface area contributed by atoms with Crippen molar-refractivity contribution < 1.29 is 4.79 Å². The van der Waals surface area contributed by atoms with Crippen LogP contribution in [0.5, 0.6) is 0 Å². The fourth-order valence-electron chi connectivity index (χ4n) is 0.415. The van der Waals surface area contributed by atoms with Crippen LogP contribution < -0.4 is 11.1 Å². The Morgan fingerprint density at radius 2 is 1.83 bits per heavy atom. The molecule has 0 saturated heterocycles. The van der Waals surface area contributed by atoms with E-state index in [0.717, 1.165) is 5.02 Å². The molecule has 0 aliphatic rings. The summed E-state index contributed by atoms with van der Waals surface area (Å²) in [5.41, 5.74) is 4.54. The van der Waals surface area contributed by atoms with Gasteiger partial charge in [-0.25, -0.2) is 4.79 Å².